The van der Waals surface area contributed by atoms with E-state index < -0.39 is 46.5 Å². The van der Waals surface area contributed by atoms with Crippen LogP contribution in [0.2, 0.25) is 0 Å². The van der Waals surface area contributed by atoms with Gasteiger partial charge in [-0.3, -0.25) is 0 Å². The predicted molar refractivity (Wildman–Crippen MR) is 103 cm³/mol. The third-order valence-corrected chi connectivity index (χ3v) is 6.51. The molecule has 0 saturated carbocycles. The van der Waals surface area contributed by atoms with Crippen LogP contribution in [0, 0.1) is 34.0 Å². The molecule has 0 amide bonds. The van der Waals surface area contributed by atoms with Gasteiger partial charge < -0.3 is 9.84 Å². The number of benzene rings is 2. The van der Waals surface area contributed by atoms with Crippen molar-refractivity contribution in [2.45, 2.75) is 0 Å². The van der Waals surface area contributed by atoms with Crippen molar-refractivity contribution in [1.82, 2.24) is 0 Å². The lowest BCUT2D eigenvalue weighted by atomic mass is 10.1. The van der Waals surface area contributed by atoms with Gasteiger partial charge in [-0.05, 0) is 79.9 Å². The van der Waals surface area contributed by atoms with E-state index in [1.807, 2.05) is 45.2 Å². The number of ether oxygens (including phenoxy) is 1. The number of hydrogen-bond donors (Lipinski definition) is 1. The molecule has 2 rings (SSSR count). The van der Waals surface area contributed by atoms with Crippen molar-refractivity contribution >= 4 is 79.7 Å². The molecule has 0 unspecified atom stereocenters. The van der Waals surface area contributed by atoms with Crippen LogP contribution in [0.5, 0.6) is 5.75 Å². The molecule has 0 heterocycles. The Morgan fingerprint density at radius 1 is 0.920 bits per heavy atom. The Morgan fingerprint density at radius 2 is 1.44 bits per heavy atom. The van der Waals surface area contributed by atoms with E-state index >= 15 is 0 Å². The van der Waals surface area contributed by atoms with Crippen molar-refractivity contribution < 1.29 is 37.0 Å². The van der Waals surface area contributed by atoms with Gasteiger partial charge in [-0.2, -0.15) is 8.78 Å². The minimum Gasteiger partial charge on any atom is -0.477 e. The Hall–Kier alpha value is -0.710. The zero-order valence-electron chi connectivity index (χ0n) is 11.5. The summed E-state index contributed by atoms with van der Waals surface area (Å²) in [5.74, 6) is -13.6. The summed E-state index contributed by atoms with van der Waals surface area (Å²) in [4.78, 5) is 22.9. The first-order chi connectivity index (χ1) is 11.6. The van der Waals surface area contributed by atoms with E-state index in [4.69, 9.17) is 5.11 Å². The first-order valence-electron chi connectivity index (χ1n) is 6.02. The maximum absolute atomic E-state index is 13.9. The summed E-state index contributed by atoms with van der Waals surface area (Å²) in [6.45, 7) is 0. The number of hydrogen-bond acceptors (Lipinski definition) is 3. The van der Waals surface area contributed by atoms with Gasteiger partial charge in [0, 0.05) is 10.7 Å². The lowest BCUT2D eigenvalue weighted by molar-refractivity contribution is 0.0682. The fraction of sp³-hybridized carbons (Fsp3) is 0. The van der Waals surface area contributed by atoms with Crippen LogP contribution >= 0.6 is 67.8 Å². The van der Waals surface area contributed by atoms with Gasteiger partial charge in [-0.25, -0.2) is 18.4 Å². The SMILES string of the molecule is O=C(Oc1c(F)c(F)c(C(=O)O)c(F)c1F)c1cc(I)cc(I)c1I. The highest BCUT2D eigenvalue weighted by molar-refractivity contribution is 14.1. The molecule has 4 nitrogen and oxygen atoms in total. The summed E-state index contributed by atoms with van der Waals surface area (Å²) >= 11 is 5.62. The Kier molecular flexibility index (Phi) is 6.50. The van der Waals surface area contributed by atoms with E-state index in [-0.39, 0.29) is 5.56 Å². The number of esters is 1. The van der Waals surface area contributed by atoms with Crippen LogP contribution < -0.4 is 4.74 Å². The highest BCUT2D eigenvalue weighted by Crippen LogP contribution is 2.31. The lowest BCUT2D eigenvalue weighted by Crippen LogP contribution is -2.17. The molecule has 0 bridgehead atoms. The molecule has 0 spiro atoms. The van der Waals surface area contributed by atoms with Crippen molar-refractivity contribution in [3.05, 3.63) is 57.2 Å². The summed E-state index contributed by atoms with van der Waals surface area (Å²) in [5.41, 5.74) is -1.88. The van der Waals surface area contributed by atoms with Crippen LogP contribution in [0.25, 0.3) is 0 Å². The van der Waals surface area contributed by atoms with Crippen LogP contribution in [0.1, 0.15) is 20.7 Å². The minimum absolute atomic E-state index is 0.0705. The number of aromatic carboxylic acids is 1. The highest BCUT2D eigenvalue weighted by Gasteiger charge is 2.32. The summed E-state index contributed by atoms with van der Waals surface area (Å²) in [5, 5.41) is 8.62. The standard InChI is InChI=1S/C14H3F4I3O4/c15-7-6(13(22)23)8(16)10(18)12(9(7)17)25-14(24)4-1-3(19)2-5(20)11(4)21/h1-2H,(H,22,23). The maximum Gasteiger partial charge on any atom is 0.344 e. The van der Waals surface area contributed by atoms with E-state index in [0.717, 1.165) is 0 Å². The molecule has 11 heteroatoms. The molecule has 0 atom stereocenters. The zero-order valence-corrected chi connectivity index (χ0v) is 17.9. The number of carboxylic acid groups (broad SMARTS) is 1. The van der Waals surface area contributed by atoms with E-state index in [1.165, 1.54) is 6.07 Å². The minimum atomic E-state index is -2.20. The largest absolute Gasteiger partial charge is 0.477 e. The zero-order chi connectivity index (χ0) is 19.0. The number of carbonyl (C=O) groups is 2. The third-order valence-electron chi connectivity index (χ3n) is 2.84. The Bertz CT molecular complexity index is 889. The monoisotopic (exact) mass is 692 g/mol. The fourth-order valence-electron chi connectivity index (χ4n) is 1.74. The lowest BCUT2D eigenvalue weighted by Gasteiger charge is -2.11. The Balaban J connectivity index is 2.55. The average molecular weight is 692 g/mol. The number of rotatable bonds is 3. The molecule has 25 heavy (non-hydrogen) atoms. The molecule has 0 aliphatic heterocycles. The molecule has 0 aliphatic rings. The number of carboxylic acids is 1. The molecule has 0 saturated heterocycles. The van der Waals surface area contributed by atoms with Crippen LogP contribution in [-0.2, 0) is 0 Å². The molecule has 1 N–H and O–H groups in total. The van der Waals surface area contributed by atoms with Gasteiger partial charge in [0.2, 0.25) is 17.4 Å². The maximum atomic E-state index is 13.9. The molecular formula is C14H3F4I3O4. The second kappa shape index (κ2) is 7.89. The normalized spacial score (nSPS) is 10.7. The number of halogens is 7. The first-order valence-corrected chi connectivity index (χ1v) is 9.25. The first kappa shape index (κ1) is 20.6. The van der Waals surface area contributed by atoms with Crippen molar-refractivity contribution in [3.8, 4) is 5.75 Å². The van der Waals surface area contributed by atoms with Crippen molar-refractivity contribution in [1.29, 1.82) is 0 Å². The summed E-state index contributed by atoms with van der Waals surface area (Å²) in [6.07, 6.45) is 0. The highest BCUT2D eigenvalue weighted by atomic mass is 127. The molecule has 2 aromatic carbocycles. The topological polar surface area (TPSA) is 63.6 Å². The fourth-order valence-corrected chi connectivity index (χ4v) is 4.12. The predicted octanol–water partition coefficient (Wildman–Crippen LogP) is 4.97. The second-order valence-electron chi connectivity index (χ2n) is 4.40. The molecule has 0 fully saturated rings. The summed E-state index contributed by atoms with van der Waals surface area (Å²) < 4.78 is 61.2. The molecule has 0 radical (unpaired) electrons. The average Bonchev–Trinajstić information content (AvgIpc) is 2.52. The van der Waals surface area contributed by atoms with Gasteiger partial charge in [0.05, 0.1) is 5.56 Å². The van der Waals surface area contributed by atoms with Crippen molar-refractivity contribution in [2.75, 3.05) is 0 Å². The quantitative estimate of drug-likeness (QED) is 0.162. The van der Waals surface area contributed by atoms with E-state index in [9.17, 15) is 27.2 Å². The summed E-state index contributed by atoms with van der Waals surface area (Å²) in [7, 11) is 0. The smallest absolute Gasteiger partial charge is 0.344 e. The number of carbonyl (C=O) groups excluding carboxylic acids is 1. The van der Waals surface area contributed by atoms with Crippen LogP contribution in [-0.4, -0.2) is 17.0 Å². The van der Waals surface area contributed by atoms with Gasteiger partial charge in [0.25, 0.3) is 0 Å². The Labute approximate surface area is 178 Å². The summed E-state index contributed by atoms with van der Waals surface area (Å²) in [6, 6.07) is 3.09. The van der Waals surface area contributed by atoms with Gasteiger partial charge in [-0.1, -0.05) is 0 Å². The van der Waals surface area contributed by atoms with Crippen LogP contribution in [0.15, 0.2) is 12.1 Å². The van der Waals surface area contributed by atoms with E-state index in [0.29, 0.717) is 10.7 Å². The van der Waals surface area contributed by atoms with Gasteiger partial charge in [0.15, 0.2) is 11.6 Å². The van der Waals surface area contributed by atoms with Gasteiger partial charge in [-0.15, -0.1) is 0 Å². The molecule has 0 aromatic heterocycles. The van der Waals surface area contributed by atoms with E-state index in [1.54, 1.807) is 28.7 Å². The van der Waals surface area contributed by atoms with Crippen molar-refractivity contribution in [3.63, 3.8) is 0 Å². The van der Waals surface area contributed by atoms with Gasteiger partial charge >= 0.3 is 11.9 Å². The molecular weight excluding hydrogens is 689 g/mol. The van der Waals surface area contributed by atoms with Crippen LogP contribution in [0.4, 0.5) is 17.6 Å². The molecule has 0 aliphatic carbocycles. The van der Waals surface area contributed by atoms with Crippen LogP contribution in [0.3, 0.4) is 0 Å². The Morgan fingerprint density at radius 3 is 1.92 bits per heavy atom. The second-order valence-corrected chi connectivity index (χ2v) is 7.89. The van der Waals surface area contributed by atoms with Crippen molar-refractivity contribution in [2.24, 2.45) is 0 Å². The molecule has 132 valence electrons. The van der Waals surface area contributed by atoms with Gasteiger partial charge in [0.1, 0.15) is 5.56 Å². The third kappa shape index (κ3) is 4.01. The van der Waals surface area contributed by atoms with E-state index in [2.05, 4.69) is 4.74 Å². The molecule has 2 aromatic rings.